The normalized spacial score (nSPS) is 10.9. The lowest BCUT2D eigenvalue weighted by atomic mass is 10.1. The summed E-state index contributed by atoms with van der Waals surface area (Å²) in [7, 11) is 2.04. The maximum absolute atomic E-state index is 13.1. The summed E-state index contributed by atoms with van der Waals surface area (Å²) in [5.74, 6) is 0.499. The Kier molecular flexibility index (Phi) is 6.48. The third-order valence-corrected chi connectivity index (χ3v) is 4.59. The van der Waals surface area contributed by atoms with Crippen molar-refractivity contribution in [2.75, 3.05) is 23.4 Å². The van der Waals surface area contributed by atoms with Gasteiger partial charge >= 0.3 is 0 Å². The Morgan fingerprint density at radius 3 is 2.50 bits per heavy atom. The molecule has 0 bridgehead atoms. The van der Waals surface area contributed by atoms with Crippen molar-refractivity contribution in [2.24, 2.45) is 5.92 Å². The van der Waals surface area contributed by atoms with Gasteiger partial charge in [-0.05, 0) is 29.7 Å². The average molecular weight is 377 g/mol. The van der Waals surface area contributed by atoms with Gasteiger partial charge in [0.05, 0.1) is 25.0 Å². The lowest BCUT2D eigenvalue weighted by molar-refractivity contribution is -0.118. The van der Waals surface area contributed by atoms with E-state index in [9.17, 15) is 4.79 Å². The van der Waals surface area contributed by atoms with Crippen LogP contribution in [0, 0.1) is 5.92 Å². The molecule has 0 aliphatic carbocycles. The van der Waals surface area contributed by atoms with Crippen molar-refractivity contribution in [1.29, 1.82) is 0 Å². The second-order valence-corrected chi connectivity index (χ2v) is 7.51. The van der Waals surface area contributed by atoms with Crippen LogP contribution in [0.3, 0.4) is 0 Å². The van der Waals surface area contributed by atoms with Crippen LogP contribution < -0.4 is 9.80 Å². The molecule has 0 saturated carbocycles. The third-order valence-electron chi connectivity index (χ3n) is 4.59. The number of hydrogen-bond donors (Lipinski definition) is 1. The van der Waals surface area contributed by atoms with Gasteiger partial charge in [-0.3, -0.25) is 4.79 Å². The van der Waals surface area contributed by atoms with E-state index in [2.05, 4.69) is 40.8 Å². The Bertz CT molecular complexity index is 875. The van der Waals surface area contributed by atoms with E-state index in [0.29, 0.717) is 18.9 Å². The number of carbonyl (C=O) groups is 1. The van der Waals surface area contributed by atoms with E-state index in [1.54, 1.807) is 6.33 Å². The van der Waals surface area contributed by atoms with Crippen molar-refractivity contribution < 1.29 is 4.79 Å². The smallest absolute Gasteiger partial charge is 0.231 e. The Hall–Kier alpha value is -3.08. The molecule has 146 valence electrons. The van der Waals surface area contributed by atoms with Gasteiger partial charge in [-0.1, -0.05) is 50.2 Å². The molecule has 0 radical (unpaired) electrons. The number of nitrogens with one attached hydrogen (secondary N) is 1. The molecule has 0 spiro atoms. The predicted octanol–water partition coefficient (Wildman–Crippen LogP) is 4.28. The summed E-state index contributed by atoms with van der Waals surface area (Å²) in [5.41, 5.74) is 4.08. The van der Waals surface area contributed by atoms with E-state index in [1.165, 1.54) is 0 Å². The summed E-state index contributed by atoms with van der Waals surface area (Å²) in [4.78, 5) is 24.3. The van der Waals surface area contributed by atoms with Crippen LogP contribution >= 0.6 is 0 Å². The van der Waals surface area contributed by atoms with Gasteiger partial charge in [0, 0.05) is 31.2 Å². The molecule has 0 fully saturated rings. The van der Waals surface area contributed by atoms with Gasteiger partial charge in [-0.15, -0.1) is 0 Å². The summed E-state index contributed by atoms with van der Waals surface area (Å²) in [6.07, 6.45) is 3.92. The van der Waals surface area contributed by atoms with Crippen molar-refractivity contribution in [3.63, 3.8) is 0 Å². The number of aromatic amines is 1. The number of rotatable bonds is 8. The van der Waals surface area contributed by atoms with Crippen LogP contribution in [-0.4, -0.2) is 29.5 Å². The zero-order valence-electron chi connectivity index (χ0n) is 16.8. The first-order valence-electron chi connectivity index (χ1n) is 9.65. The van der Waals surface area contributed by atoms with Gasteiger partial charge in [-0.2, -0.15) is 0 Å². The van der Waals surface area contributed by atoms with Crippen LogP contribution in [0.1, 0.15) is 25.1 Å². The summed E-state index contributed by atoms with van der Waals surface area (Å²) in [6, 6.07) is 18.1. The summed E-state index contributed by atoms with van der Waals surface area (Å²) < 4.78 is 0. The number of carbonyl (C=O) groups excluding carboxylic acids is 1. The molecule has 0 aliphatic rings. The molecule has 3 aromatic rings. The van der Waals surface area contributed by atoms with Gasteiger partial charge in [-0.25, -0.2) is 4.98 Å². The van der Waals surface area contributed by atoms with Gasteiger partial charge in [0.1, 0.15) is 0 Å². The lowest BCUT2D eigenvalue weighted by Gasteiger charge is -2.27. The van der Waals surface area contributed by atoms with Crippen LogP contribution in [0.15, 0.2) is 67.1 Å². The quantitative estimate of drug-likeness (QED) is 0.638. The van der Waals surface area contributed by atoms with E-state index < -0.39 is 0 Å². The molecule has 28 heavy (non-hydrogen) atoms. The van der Waals surface area contributed by atoms with Crippen LogP contribution in [0.5, 0.6) is 0 Å². The molecular weight excluding hydrogens is 348 g/mol. The van der Waals surface area contributed by atoms with E-state index in [-0.39, 0.29) is 5.91 Å². The van der Waals surface area contributed by atoms with Gasteiger partial charge in [0.2, 0.25) is 5.91 Å². The fraction of sp³-hybridized carbons (Fsp3) is 0.304. The summed E-state index contributed by atoms with van der Waals surface area (Å²) in [6.45, 7) is 5.69. The van der Waals surface area contributed by atoms with Crippen LogP contribution in [0.2, 0.25) is 0 Å². The molecule has 5 heteroatoms. The van der Waals surface area contributed by atoms with Crippen LogP contribution in [-0.2, 0) is 17.8 Å². The maximum atomic E-state index is 13.1. The minimum atomic E-state index is 0.119. The number of imidazole rings is 1. The molecule has 1 heterocycles. The molecule has 1 aromatic heterocycles. The first-order valence-corrected chi connectivity index (χ1v) is 9.65. The largest absolute Gasteiger partial charge is 0.369 e. The van der Waals surface area contributed by atoms with Gasteiger partial charge in [0.15, 0.2) is 0 Å². The molecule has 1 N–H and O–H groups in total. The molecule has 0 unspecified atom stereocenters. The third kappa shape index (κ3) is 5.22. The van der Waals surface area contributed by atoms with Crippen molar-refractivity contribution >= 4 is 17.3 Å². The fourth-order valence-corrected chi connectivity index (χ4v) is 3.20. The van der Waals surface area contributed by atoms with Crippen molar-refractivity contribution in [1.82, 2.24) is 9.97 Å². The number of anilines is 2. The molecule has 2 aromatic carbocycles. The number of amides is 1. The zero-order chi connectivity index (χ0) is 19.9. The maximum Gasteiger partial charge on any atom is 0.231 e. The van der Waals surface area contributed by atoms with E-state index in [4.69, 9.17) is 0 Å². The minimum Gasteiger partial charge on any atom is -0.369 e. The van der Waals surface area contributed by atoms with E-state index in [0.717, 1.165) is 29.2 Å². The highest BCUT2D eigenvalue weighted by molar-refractivity contribution is 5.95. The van der Waals surface area contributed by atoms with Crippen molar-refractivity contribution in [3.8, 4) is 0 Å². The Morgan fingerprint density at radius 2 is 1.82 bits per heavy atom. The standard InChI is InChI=1S/C23H28N4O/c1-18(2)15-27(23(28)12-19-8-5-4-6-9-19)22-11-7-10-21(13-22)26(3)16-20-14-24-17-25-20/h4-11,13-14,17-18H,12,15-16H2,1-3H3,(H,24,25). The molecule has 3 rings (SSSR count). The minimum absolute atomic E-state index is 0.119. The second kappa shape index (κ2) is 9.22. The Morgan fingerprint density at radius 1 is 1.07 bits per heavy atom. The number of H-pyrrole nitrogens is 1. The number of nitrogens with zero attached hydrogens (tertiary/aromatic N) is 3. The first-order chi connectivity index (χ1) is 13.5. The topological polar surface area (TPSA) is 52.2 Å². The van der Waals surface area contributed by atoms with E-state index >= 15 is 0 Å². The molecule has 0 atom stereocenters. The lowest BCUT2D eigenvalue weighted by Crippen LogP contribution is -2.35. The highest BCUT2D eigenvalue weighted by atomic mass is 16.2. The monoisotopic (exact) mass is 376 g/mol. The van der Waals surface area contributed by atoms with Crippen LogP contribution in [0.4, 0.5) is 11.4 Å². The molecule has 1 amide bonds. The predicted molar refractivity (Wildman–Crippen MR) is 114 cm³/mol. The van der Waals surface area contributed by atoms with Crippen molar-refractivity contribution in [2.45, 2.75) is 26.8 Å². The zero-order valence-corrected chi connectivity index (χ0v) is 16.8. The second-order valence-electron chi connectivity index (χ2n) is 7.51. The van der Waals surface area contributed by atoms with Gasteiger partial charge < -0.3 is 14.8 Å². The summed E-state index contributed by atoms with van der Waals surface area (Å²) >= 11 is 0. The van der Waals surface area contributed by atoms with Crippen molar-refractivity contribution in [3.05, 3.63) is 78.4 Å². The van der Waals surface area contributed by atoms with Gasteiger partial charge in [0.25, 0.3) is 0 Å². The van der Waals surface area contributed by atoms with E-state index in [1.807, 2.05) is 60.6 Å². The SMILES string of the molecule is CC(C)CN(C(=O)Cc1ccccc1)c1cccc(N(C)Cc2cnc[nH]2)c1. The fourth-order valence-electron chi connectivity index (χ4n) is 3.20. The molecule has 5 nitrogen and oxygen atoms in total. The van der Waals surface area contributed by atoms with Crippen LogP contribution in [0.25, 0.3) is 0 Å². The number of hydrogen-bond acceptors (Lipinski definition) is 3. The Labute approximate surface area is 167 Å². The average Bonchev–Trinajstić information content (AvgIpc) is 3.20. The highest BCUT2D eigenvalue weighted by Crippen LogP contribution is 2.24. The molecule has 0 aliphatic heterocycles. The Balaban J connectivity index is 1.80. The molecule has 0 saturated heterocycles. The first kappa shape index (κ1) is 19.7. The molecular formula is C23H28N4O. The number of aromatic nitrogens is 2. The highest BCUT2D eigenvalue weighted by Gasteiger charge is 2.18. The summed E-state index contributed by atoms with van der Waals surface area (Å²) in [5, 5.41) is 0. The number of benzene rings is 2.